The minimum absolute atomic E-state index is 0.230. The quantitative estimate of drug-likeness (QED) is 0.917. The van der Waals surface area contributed by atoms with E-state index in [0.717, 1.165) is 4.70 Å². The minimum Gasteiger partial charge on any atom is -0.444 e. The molecular weight excluding hydrogens is 267 g/mol. The van der Waals surface area contributed by atoms with Crippen LogP contribution in [0.15, 0.2) is 18.2 Å². The van der Waals surface area contributed by atoms with Crippen molar-refractivity contribution in [2.75, 3.05) is 0 Å². The Morgan fingerprint density at radius 3 is 2.84 bits per heavy atom. The fourth-order valence-corrected chi connectivity index (χ4v) is 2.42. The molecule has 1 aromatic heterocycles. The Morgan fingerprint density at radius 2 is 2.21 bits per heavy atom. The van der Waals surface area contributed by atoms with Crippen LogP contribution in [0.2, 0.25) is 0 Å². The van der Waals surface area contributed by atoms with Gasteiger partial charge in [0.05, 0.1) is 11.2 Å². The number of aromatic nitrogens is 1. The zero-order valence-corrected chi connectivity index (χ0v) is 11.8. The largest absolute Gasteiger partial charge is 0.444 e. The molecule has 0 aliphatic carbocycles. The molecule has 0 radical (unpaired) electrons. The van der Waals surface area contributed by atoms with E-state index in [1.807, 2.05) is 0 Å². The molecule has 2 rings (SSSR count). The summed E-state index contributed by atoms with van der Waals surface area (Å²) in [6, 6.07) is 4.81. The van der Waals surface area contributed by atoms with Gasteiger partial charge in [0.1, 0.15) is 21.9 Å². The lowest BCUT2D eigenvalue weighted by Crippen LogP contribution is -2.32. The lowest BCUT2D eigenvalue weighted by Gasteiger charge is -2.19. The Bertz CT molecular complexity index is 604. The van der Waals surface area contributed by atoms with Crippen molar-refractivity contribution in [3.05, 3.63) is 29.0 Å². The van der Waals surface area contributed by atoms with Crippen LogP contribution in [0.4, 0.5) is 9.18 Å². The molecule has 0 atom stereocenters. The molecule has 4 nitrogen and oxygen atoms in total. The highest BCUT2D eigenvalue weighted by Crippen LogP contribution is 2.23. The number of alkyl carbamates (subject to hydrolysis) is 1. The number of nitrogens with one attached hydrogen (secondary N) is 1. The average Bonchev–Trinajstić information content (AvgIpc) is 2.68. The predicted molar refractivity (Wildman–Crippen MR) is 72.7 cm³/mol. The maximum atomic E-state index is 13.5. The second kappa shape index (κ2) is 5.13. The normalized spacial score (nSPS) is 11.6. The lowest BCUT2D eigenvalue weighted by molar-refractivity contribution is 0.0523. The smallest absolute Gasteiger partial charge is 0.408 e. The van der Waals surface area contributed by atoms with Gasteiger partial charge in [0.25, 0.3) is 0 Å². The summed E-state index contributed by atoms with van der Waals surface area (Å²) in [6.07, 6.45) is -0.507. The number of nitrogens with zero attached hydrogens (tertiary/aromatic N) is 1. The number of thiazole rings is 1. The predicted octanol–water partition coefficient (Wildman–Crippen LogP) is 3.46. The van der Waals surface area contributed by atoms with E-state index < -0.39 is 11.7 Å². The van der Waals surface area contributed by atoms with Crippen molar-refractivity contribution in [1.29, 1.82) is 0 Å². The van der Waals surface area contributed by atoms with Gasteiger partial charge >= 0.3 is 6.09 Å². The van der Waals surface area contributed by atoms with Crippen molar-refractivity contribution < 1.29 is 13.9 Å². The molecule has 0 unspecified atom stereocenters. The number of carbonyl (C=O) groups is 1. The van der Waals surface area contributed by atoms with E-state index in [9.17, 15) is 9.18 Å². The van der Waals surface area contributed by atoms with Gasteiger partial charge in [-0.05, 0) is 32.9 Å². The second-order valence-electron chi connectivity index (χ2n) is 5.05. The van der Waals surface area contributed by atoms with Crippen LogP contribution in [0.3, 0.4) is 0 Å². The van der Waals surface area contributed by atoms with Gasteiger partial charge in [-0.1, -0.05) is 6.07 Å². The Balaban J connectivity index is 2.02. The number of ether oxygens (including phenoxy) is 1. The molecule has 0 aliphatic heterocycles. The Morgan fingerprint density at radius 1 is 1.47 bits per heavy atom. The second-order valence-corrected chi connectivity index (χ2v) is 6.16. The minimum atomic E-state index is -0.538. The van der Waals surface area contributed by atoms with Gasteiger partial charge in [0.2, 0.25) is 0 Å². The first-order chi connectivity index (χ1) is 8.85. The van der Waals surface area contributed by atoms with Crippen LogP contribution in [-0.4, -0.2) is 16.7 Å². The van der Waals surface area contributed by atoms with Crippen molar-refractivity contribution >= 4 is 27.6 Å². The molecule has 2 aromatic rings. The van der Waals surface area contributed by atoms with Crippen molar-refractivity contribution in [2.24, 2.45) is 0 Å². The third-order valence-corrected chi connectivity index (χ3v) is 3.22. The number of fused-ring (bicyclic) bond motifs is 1. The molecular formula is C13H15FN2O2S. The molecule has 1 heterocycles. The first-order valence-corrected chi connectivity index (χ1v) is 6.67. The molecule has 102 valence electrons. The van der Waals surface area contributed by atoms with Gasteiger partial charge in [-0.15, -0.1) is 11.3 Å². The summed E-state index contributed by atoms with van der Waals surface area (Å²) in [6.45, 7) is 5.60. The zero-order valence-electron chi connectivity index (χ0n) is 11.0. The van der Waals surface area contributed by atoms with Crippen LogP contribution in [0.25, 0.3) is 10.2 Å². The molecule has 19 heavy (non-hydrogen) atoms. The molecule has 1 aromatic carbocycles. The van der Waals surface area contributed by atoms with Gasteiger partial charge in [0, 0.05) is 0 Å². The van der Waals surface area contributed by atoms with Crippen molar-refractivity contribution in [3.63, 3.8) is 0 Å². The third kappa shape index (κ3) is 3.64. The van der Waals surface area contributed by atoms with E-state index >= 15 is 0 Å². The van der Waals surface area contributed by atoms with Gasteiger partial charge in [0.15, 0.2) is 0 Å². The van der Waals surface area contributed by atoms with Crippen LogP contribution in [0.5, 0.6) is 0 Å². The Kier molecular flexibility index (Phi) is 3.71. The van der Waals surface area contributed by atoms with Crippen molar-refractivity contribution in [2.45, 2.75) is 32.9 Å². The first kappa shape index (κ1) is 13.7. The van der Waals surface area contributed by atoms with E-state index in [0.29, 0.717) is 10.5 Å². The Hall–Kier alpha value is -1.69. The highest BCUT2D eigenvalue weighted by Gasteiger charge is 2.16. The molecule has 0 aliphatic rings. The van der Waals surface area contributed by atoms with E-state index in [4.69, 9.17) is 4.74 Å². The highest BCUT2D eigenvalue weighted by molar-refractivity contribution is 7.18. The monoisotopic (exact) mass is 282 g/mol. The summed E-state index contributed by atoms with van der Waals surface area (Å²) in [5.74, 6) is -0.350. The van der Waals surface area contributed by atoms with Gasteiger partial charge < -0.3 is 10.1 Å². The fraction of sp³-hybridized carbons (Fsp3) is 0.385. The van der Waals surface area contributed by atoms with Crippen LogP contribution < -0.4 is 5.32 Å². The number of para-hydroxylation sites is 1. The van der Waals surface area contributed by atoms with Gasteiger partial charge in [-0.2, -0.15) is 0 Å². The number of hydrogen-bond donors (Lipinski definition) is 1. The van der Waals surface area contributed by atoms with Crippen LogP contribution >= 0.6 is 11.3 Å². The molecule has 6 heteroatoms. The molecule has 0 bridgehead atoms. The summed E-state index contributed by atoms with van der Waals surface area (Å²) >= 11 is 1.35. The number of amides is 1. The summed E-state index contributed by atoms with van der Waals surface area (Å²) in [7, 11) is 0. The maximum Gasteiger partial charge on any atom is 0.408 e. The third-order valence-electron chi connectivity index (χ3n) is 2.20. The van der Waals surface area contributed by atoms with Crippen molar-refractivity contribution in [1.82, 2.24) is 10.3 Å². The topological polar surface area (TPSA) is 51.2 Å². The Labute approximate surface area is 114 Å². The van der Waals surface area contributed by atoms with Gasteiger partial charge in [-0.25, -0.2) is 14.2 Å². The van der Waals surface area contributed by atoms with E-state index in [-0.39, 0.29) is 12.4 Å². The van der Waals surface area contributed by atoms with Crippen LogP contribution in [-0.2, 0) is 11.3 Å². The summed E-state index contributed by atoms with van der Waals surface area (Å²) < 4.78 is 19.3. The van der Waals surface area contributed by atoms with Gasteiger partial charge in [-0.3, -0.25) is 0 Å². The number of halogens is 1. The number of benzene rings is 1. The molecule has 0 saturated carbocycles. The van der Waals surface area contributed by atoms with E-state index in [1.165, 1.54) is 17.4 Å². The standard InChI is InChI=1S/C13H15FN2O2S/c1-13(2,3)18-12(17)15-7-10-16-11-8(14)5-4-6-9(11)19-10/h4-6H,7H2,1-3H3,(H,15,17). The number of hydrogen-bond acceptors (Lipinski definition) is 4. The maximum absolute atomic E-state index is 13.5. The molecule has 0 saturated heterocycles. The number of rotatable bonds is 2. The molecule has 0 fully saturated rings. The summed E-state index contributed by atoms with van der Waals surface area (Å²) in [4.78, 5) is 15.6. The fourth-order valence-electron chi connectivity index (χ4n) is 1.50. The number of carbonyl (C=O) groups excluding carboxylic acids is 1. The van der Waals surface area contributed by atoms with Crippen LogP contribution in [0, 0.1) is 5.82 Å². The summed E-state index contributed by atoms with van der Waals surface area (Å²) in [5.41, 5.74) is -0.197. The van der Waals surface area contributed by atoms with E-state index in [2.05, 4.69) is 10.3 Å². The lowest BCUT2D eigenvalue weighted by atomic mass is 10.2. The summed E-state index contributed by atoms with van der Waals surface area (Å²) in [5, 5.41) is 3.24. The van der Waals surface area contributed by atoms with Crippen LogP contribution in [0.1, 0.15) is 25.8 Å². The zero-order chi connectivity index (χ0) is 14.0. The molecule has 1 amide bonds. The average molecular weight is 282 g/mol. The van der Waals surface area contributed by atoms with Crippen molar-refractivity contribution in [3.8, 4) is 0 Å². The molecule has 0 spiro atoms. The molecule has 1 N–H and O–H groups in total. The SMILES string of the molecule is CC(C)(C)OC(=O)NCc1nc2c(F)cccc2s1. The van der Waals surface area contributed by atoms with E-state index in [1.54, 1.807) is 32.9 Å². The highest BCUT2D eigenvalue weighted by atomic mass is 32.1. The first-order valence-electron chi connectivity index (χ1n) is 5.86.